The fraction of sp³-hybridized carbons (Fsp3) is 0.500. The minimum absolute atomic E-state index is 0.392. The number of pyridine rings is 1. The number of fused-ring (bicyclic) bond motifs is 1. The Kier molecular flexibility index (Phi) is 5.11. The molecule has 2 aliphatic rings. The van der Waals surface area contributed by atoms with Crippen LogP contribution in [-0.2, 0) is 12.8 Å². The number of nitrogens with two attached hydrogens (primary N) is 1. The van der Waals surface area contributed by atoms with Gasteiger partial charge < -0.3 is 15.2 Å². The molecule has 0 spiro atoms. The van der Waals surface area contributed by atoms with Crippen molar-refractivity contribution < 1.29 is 9.47 Å². The summed E-state index contributed by atoms with van der Waals surface area (Å²) in [6.45, 7) is 0.730. The maximum atomic E-state index is 6.09. The Balaban J connectivity index is 1.37. The fourth-order valence-electron chi connectivity index (χ4n) is 4.37. The Morgan fingerprint density at radius 3 is 2.77 bits per heavy atom. The predicted molar refractivity (Wildman–Crippen MR) is 103 cm³/mol. The monoisotopic (exact) mass is 352 g/mol. The largest absolute Gasteiger partial charge is 0.495 e. The lowest BCUT2D eigenvalue weighted by Crippen LogP contribution is -2.21. The van der Waals surface area contributed by atoms with Crippen LogP contribution >= 0.6 is 0 Å². The number of hydrogen-bond acceptors (Lipinski definition) is 4. The first-order valence-electron chi connectivity index (χ1n) is 9.70. The van der Waals surface area contributed by atoms with Gasteiger partial charge in [0, 0.05) is 12.1 Å². The van der Waals surface area contributed by atoms with Crippen molar-refractivity contribution in [3.63, 3.8) is 0 Å². The Bertz CT molecular complexity index is 762. The number of benzene rings is 1. The van der Waals surface area contributed by atoms with Crippen molar-refractivity contribution in [2.24, 2.45) is 11.7 Å². The van der Waals surface area contributed by atoms with Crippen LogP contribution in [0.15, 0.2) is 36.7 Å². The molecule has 0 radical (unpaired) electrons. The molecule has 1 aromatic heterocycles. The molecular weight excluding hydrogens is 324 g/mol. The van der Waals surface area contributed by atoms with Gasteiger partial charge in [-0.05, 0) is 67.1 Å². The minimum atomic E-state index is 0.392. The molecule has 0 aliphatic heterocycles. The predicted octanol–water partition coefficient (Wildman–Crippen LogP) is 3.87. The van der Waals surface area contributed by atoms with Gasteiger partial charge >= 0.3 is 0 Å². The van der Waals surface area contributed by atoms with Gasteiger partial charge in [0.05, 0.1) is 26.1 Å². The molecule has 1 heterocycles. The van der Waals surface area contributed by atoms with Crippen LogP contribution < -0.4 is 15.2 Å². The Morgan fingerprint density at radius 1 is 1.08 bits per heavy atom. The van der Waals surface area contributed by atoms with Crippen LogP contribution in [0.25, 0.3) is 0 Å². The van der Waals surface area contributed by atoms with Gasteiger partial charge in [0.25, 0.3) is 0 Å². The Morgan fingerprint density at radius 2 is 1.96 bits per heavy atom. The van der Waals surface area contributed by atoms with E-state index in [0.29, 0.717) is 17.9 Å². The van der Waals surface area contributed by atoms with E-state index in [1.54, 1.807) is 19.5 Å². The quantitative estimate of drug-likeness (QED) is 0.887. The minimum Gasteiger partial charge on any atom is -0.495 e. The highest BCUT2D eigenvalue weighted by Crippen LogP contribution is 2.36. The van der Waals surface area contributed by atoms with Crippen LogP contribution in [0.1, 0.15) is 48.3 Å². The average Bonchev–Trinajstić information content (AvgIpc) is 3.12. The zero-order chi connectivity index (χ0) is 17.9. The molecule has 0 amide bonds. The topological polar surface area (TPSA) is 57.4 Å². The maximum Gasteiger partial charge on any atom is 0.141 e. The molecule has 0 saturated heterocycles. The van der Waals surface area contributed by atoms with E-state index < -0.39 is 0 Å². The van der Waals surface area contributed by atoms with Crippen molar-refractivity contribution >= 4 is 0 Å². The van der Waals surface area contributed by atoms with E-state index in [4.69, 9.17) is 15.2 Å². The summed E-state index contributed by atoms with van der Waals surface area (Å²) in [5.41, 5.74) is 10.6. The molecule has 4 rings (SSSR count). The molecule has 0 bridgehead atoms. The highest BCUT2D eigenvalue weighted by atomic mass is 16.5. The maximum absolute atomic E-state index is 6.09. The number of ether oxygens (including phenoxy) is 2. The molecule has 2 N–H and O–H groups in total. The van der Waals surface area contributed by atoms with E-state index in [9.17, 15) is 0 Å². The lowest BCUT2D eigenvalue weighted by molar-refractivity contribution is 0.232. The standard InChI is InChI=1S/C22H28N2O2/c1-25-21-11-22(13-24-12-21)26-14-15-2-3-17-9-18(5-4-16(17)8-15)19-6-7-20(23)10-19/h4-5,9,11-13,15,19-20H,2-3,6-8,10,14,23H2,1H3. The molecule has 3 unspecified atom stereocenters. The molecule has 26 heavy (non-hydrogen) atoms. The van der Waals surface area contributed by atoms with E-state index >= 15 is 0 Å². The van der Waals surface area contributed by atoms with Gasteiger partial charge in [-0.25, -0.2) is 0 Å². The van der Waals surface area contributed by atoms with Crippen molar-refractivity contribution in [1.29, 1.82) is 0 Å². The summed E-state index contributed by atoms with van der Waals surface area (Å²) in [5, 5.41) is 0. The number of aromatic nitrogens is 1. The molecule has 4 heteroatoms. The van der Waals surface area contributed by atoms with Crippen LogP contribution in [0.4, 0.5) is 0 Å². The first-order chi connectivity index (χ1) is 12.7. The number of rotatable bonds is 5. The first-order valence-corrected chi connectivity index (χ1v) is 9.70. The third kappa shape index (κ3) is 3.85. The average molecular weight is 352 g/mol. The van der Waals surface area contributed by atoms with E-state index in [1.807, 2.05) is 6.07 Å². The van der Waals surface area contributed by atoms with Gasteiger partial charge in [-0.1, -0.05) is 18.2 Å². The second-order valence-electron chi connectivity index (χ2n) is 7.78. The summed E-state index contributed by atoms with van der Waals surface area (Å²) in [6, 6.07) is 9.40. The first kappa shape index (κ1) is 17.3. The van der Waals surface area contributed by atoms with Crippen molar-refractivity contribution in [1.82, 2.24) is 4.98 Å². The van der Waals surface area contributed by atoms with Crippen LogP contribution in [0.2, 0.25) is 0 Å². The van der Waals surface area contributed by atoms with Gasteiger partial charge in [-0.3, -0.25) is 4.98 Å². The van der Waals surface area contributed by atoms with Crippen molar-refractivity contribution in [3.8, 4) is 11.5 Å². The lowest BCUT2D eigenvalue weighted by atomic mass is 9.82. The summed E-state index contributed by atoms with van der Waals surface area (Å²) in [4.78, 5) is 4.15. The van der Waals surface area contributed by atoms with Gasteiger partial charge in [0.1, 0.15) is 11.5 Å². The van der Waals surface area contributed by atoms with Crippen LogP contribution in [0, 0.1) is 5.92 Å². The zero-order valence-electron chi connectivity index (χ0n) is 15.5. The molecular formula is C22H28N2O2. The number of hydrogen-bond donors (Lipinski definition) is 1. The van der Waals surface area contributed by atoms with Crippen LogP contribution in [0.5, 0.6) is 11.5 Å². The third-order valence-corrected chi connectivity index (χ3v) is 5.91. The molecule has 2 aromatic rings. The third-order valence-electron chi connectivity index (χ3n) is 5.91. The van der Waals surface area contributed by atoms with Gasteiger partial charge in [0.2, 0.25) is 0 Å². The number of methoxy groups -OCH3 is 1. The van der Waals surface area contributed by atoms with Crippen molar-refractivity contribution in [3.05, 3.63) is 53.3 Å². The van der Waals surface area contributed by atoms with E-state index in [1.165, 1.54) is 36.0 Å². The summed E-state index contributed by atoms with van der Waals surface area (Å²) in [6.07, 6.45) is 10.4. The normalized spacial score (nSPS) is 24.9. The van der Waals surface area contributed by atoms with Crippen molar-refractivity contribution in [2.45, 2.75) is 50.5 Å². The molecule has 1 saturated carbocycles. The zero-order valence-corrected chi connectivity index (χ0v) is 15.5. The van der Waals surface area contributed by atoms with E-state index in [0.717, 1.165) is 37.4 Å². The van der Waals surface area contributed by atoms with Crippen molar-refractivity contribution in [2.75, 3.05) is 13.7 Å². The fourth-order valence-corrected chi connectivity index (χ4v) is 4.37. The molecule has 2 aliphatic carbocycles. The number of aryl methyl sites for hydroxylation is 1. The second kappa shape index (κ2) is 7.67. The SMILES string of the molecule is COc1cncc(OCC2CCc3cc(C4CCC(N)C4)ccc3C2)c1. The van der Waals surface area contributed by atoms with E-state index in [2.05, 4.69) is 23.2 Å². The Labute approximate surface area is 155 Å². The van der Waals surface area contributed by atoms with Gasteiger partial charge in [-0.2, -0.15) is 0 Å². The molecule has 4 nitrogen and oxygen atoms in total. The number of nitrogens with zero attached hydrogens (tertiary/aromatic N) is 1. The second-order valence-corrected chi connectivity index (χ2v) is 7.78. The van der Waals surface area contributed by atoms with Gasteiger partial charge in [0.15, 0.2) is 0 Å². The highest BCUT2D eigenvalue weighted by Gasteiger charge is 2.25. The van der Waals surface area contributed by atoms with Crippen LogP contribution in [-0.4, -0.2) is 24.7 Å². The summed E-state index contributed by atoms with van der Waals surface area (Å²) >= 11 is 0. The summed E-state index contributed by atoms with van der Waals surface area (Å²) in [5.74, 6) is 2.73. The lowest BCUT2D eigenvalue weighted by Gasteiger charge is -2.26. The molecule has 1 fully saturated rings. The summed E-state index contributed by atoms with van der Waals surface area (Å²) in [7, 11) is 1.65. The molecule has 1 aromatic carbocycles. The van der Waals surface area contributed by atoms with Gasteiger partial charge in [-0.15, -0.1) is 0 Å². The highest BCUT2D eigenvalue weighted by molar-refractivity contribution is 5.36. The smallest absolute Gasteiger partial charge is 0.141 e. The molecule has 138 valence electrons. The van der Waals surface area contributed by atoms with E-state index in [-0.39, 0.29) is 0 Å². The summed E-state index contributed by atoms with van der Waals surface area (Å²) < 4.78 is 11.2. The Hall–Kier alpha value is -2.07. The van der Waals surface area contributed by atoms with Crippen LogP contribution in [0.3, 0.4) is 0 Å². The molecule has 3 atom stereocenters.